The minimum atomic E-state index is -0.380. The van der Waals surface area contributed by atoms with E-state index in [4.69, 9.17) is 9.47 Å². The maximum absolute atomic E-state index is 12.8. The van der Waals surface area contributed by atoms with Crippen LogP contribution >= 0.6 is 11.8 Å². The Labute approximate surface area is 197 Å². The van der Waals surface area contributed by atoms with Gasteiger partial charge in [0.15, 0.2) is 28.6 Å². The zero-order valence-corrected chi connectivity index (χ0v) is 19.1. The van der Waals surface area contributed by atoms with Crippen LogP contribution in [-0.2, 0) is 17.8 Å². The zero-order valence-electron chi connectivity index (χ0n) is 18.3. The lowest BCUT2D eigenvalue weighted by Crippen LogP contribution is -2.32. The van der Waals surface area contributed by atoms with Crippen LogP contribution in [0.15, 0.2) is 66.3 Å². The highest BCUT2D eigenvalue weighted by atomic mass is 32.2. The fourth-order valence-corrected chi connectivity index (χ4v) is 5.13. The van der Waals surface area contributed by atoms with Gasteiger partial charge in [-0.05, 0) is 42.5 Å². The van der Waals surface area contributed by atoms with Crippen molar-refractivity contribution in [3.8, 4) is 11.5 Å². The van der Waals surface area contributed by atoms with E-state index in [0.717, 1.165) is 25.0 Å². The molecule has 2 aromatic carbocycles. The van der Waals surface area contributed by atoms with Crippen molar-refractivity contribution >= 4 is 17.7 Å². The smallest absolute Gasteiger partial charge is 0.230 e. The van der Waals surface area contributed by atoms with E-state index in [0.29, 0.717) is 29.9 Å². The molecular formula is C25H26N4O3S. The third-order valence-corrected chi connectivity index (χ3v) is 6.86. The third-order valence-electron chi connectivity index (χ3n) is 5.89. The molecular weight excluding hydrogens is 436 g/mol. The Morgan fingerprint density at radius 1 is 1.18 bits per heavy atom. The van der Waals surface area contributed by atoms with Crippen LogP contribution in [0.4, 0.5) is 0 Å². The highest BCUT2D eigenvalue weighted by Gasteiger charge is 2.28. The van der Waals surface area contributed by atoms with Crippen molar-refractivity contribution in [2.75, 3.05) is 12.4 Å². The van der Waals surface area contributed by atoms with Crippen molar-refractivity contribution in [3.05, 3.63) is 78.1 Å². The summed E-state index contributed by atoms with van der Waals surface area (Å²) in [6.45, 7) is 4.72. The van der Waals surface area contributed by atoms with Gasteiger partial charge >= 0.3 is 0 Å². The summed E-state index contributed by atoms with van der Waals surface area (Å²) in [7, 11) is 0. The molecule has 5 rings (SSSR count). The average Bonchev–Trinajstić information content (AvgIpc) is 3.25. The Morgan fingerprint density at radius 2 is 2.00 bits per heavy atom. The summed E-state index contributed by atoms with van der Waals surface area (Å²) in [4.78, 5) is 12.8. The number of benzene rings is 2. The maximum Gasteiger partial charge on any atom is 0.230 e. The first-order valence-electron chi connectivity index (χ1n) is 11.2. The summed E-state index contributed by atoms with van der Waals surface area (Å²) in [5, 5.41) is 12.6. The Bertz CT molecular complexity index is 1160. The SMILES string of the molecule is C=CCn1c(SCC(=O)NC2CCCc3ccccc32)nnc1C1COc2ccccc2O1. The van der Waals surface area contributed by atoms with E-state index in [-0.39, 0.29) is 23.8 Å². The lowest BCUT2D eigenvalue weighted by Gasteiger charge is -2.26. The molecule has 0 saturated heterocycles. The van der Waals surface area contributed by atoms with E-state index in [1.165, 1.54) is 22.9 Å². The number of aryl methyl sites for hydroxylation is 1. The quantitative estimate of drug-likeness (QED) is 0.418. The van der Waals surface area contributed by atoms with Crippen molar-refractivity contribution in [2.45, 2.75) is 43.1 Å². The van der Waals surface area contributed by atoms with Crippen molar-refractivity contribution in [2.24, 2.45) is 0 Å². The van der Waals surface area contributed by atoms with Crippen LogP contribution in [0.3, 0.4) is 0 Å². The molecule has 2 aliphatic rings. The summed E-state index contributed by atoms with van der Waals surface area (Å²) >= 11 is 1.37. The van der Waals surface area contributed by atoms with Gasteiger partial charge in [-0.1, -0.05) is 54.2 Å². The normalized spacial score (nSPS) is 18.9. The highest BCUT2D eigenvalue weighted by Crippen LogP contribution is 2.36. The van der Waals surface area contributed by atoms with Gasteiger partial charge in [0.1, 0.15) is 6.61 Å². The Morgan fingerprint density at radius 3 is 2.88 bits per heavy atom. The molecule has 2 atom stereocenters. The van der Waals surface area contributed by atoms with Crippen LogP contribution in [0, 0.1) is 0 Å². The first-order valence-corrected chi connectivity index (χ1v) is 12.1. The van der Waals surface area contributed by atoms with Crippen LogP contribution < -0.4 is 14.8 Å². The van der Waals surface area contributed by atoms with Gasteiger partial charge < -0.3 is 14.8 Å². The molecule has 1 aliphatic heterocycles. The number of hydrogen-bond donors (Lipinski definition) is 1. The fraction of sp³-hybridized carbons (Fsp3) is 0.320. The number of fused-ring (bicyclic) bond motifs is 2. The molecule has 0 bridgehead atoms. The lowest BCUT2D eigenvalue weighted by molar-refractivity contribution is -0.119. The average molecular weight is 463 g/mol. The molecule has 1 amide bonds. The van der Waals surface area contributed by atoms with E-state index in [1.54, 1.807) is 6.08 Å². The third kappa shape index (κ3) is 4.61. The largest absolute Gasteiger partial charge is 0.485 e. The molecule has 0 spiro atoms. The fourth-order valence-electron chi connectivity index (χ4n) is 4.36. The second-order valence-electron chi connectivity index (χ2n) is 8.10. The molecule has 2 heterocycles. The topological polar surface area (TPSA) is 78.3 Å². The van der Waals surface area contributed by atoms with E-state index in [9.17, 15) is 4.79 Å². The number of carbonyl (C=O) groups is 1. The number of carbonyl (C=O) groups excluding carboxylic acids is 1. The monoisotopic (exact) mass is 462 g/mol. The number of para-hydroxylation sites is 2. The van der Waals surface area contributed by atoms with E-state index < -0.39 is 0 Å². The predicted octanol–water partition coefficient (Wildman–Crippen LogP) is 4.26. The first-order chi connectivity index (χ1) is 16.2. The molecule has 0 fully saturated rings. The number of nitrogens with one attached hydrogen (secondary N) is 1. The number of allylic oxidation sites excluding steroid dienone is 1. The highest BCUT2D eigenvalue weighted by molar-refractivity contribution is 7.99. The van der Waals surface area contributed by atoms with Crippen LogP contribution in [-0.4, -0.2) is 33.0 Å². The van der Waals surface area contributed by atoms with E-state index in [2.05, 4.69) is 40.3 Å². The number of thioether (sulfide) groups is 1. The van der Waals surface area contributed by atoms with Gasteiger partial charge in [0.05, 0.1) is 11.8 Å². The zero-order chi connectivity index (χ0) is 22.6. The molecule has 170 valence electrons. The van der Waals surface area contributed by atoms with Gasteiger partial charge in [-0.15, -0.1) is 16.8 Å². The molecule has 2 unspecified atom stereocenters. The summed E-state index contributed by atoms with van der Waals surface area (Å²) in [5.41, 5.74) is 2.56. The van der Waals surface area contributed by atoms with Crippen molar-refractivity contribution < 1.29 is 14.3 Å². The Hall–Kier alpha value is -3.26. The van der Waals surface area contributed by atoms with E-state index in [1.807, 2.05) is 34.9 Å². The second kappa shape index (κ2) is 9.70. The molecule has 1 N–H and O–H groups in total. The van der Waals surface area contributed by atoms with Crippen LogP contribution in [0.2, 0.25) is 0 Å². The summed E-state index contributed by atoms with van der Waals surface area (Å²) < 4.78 is 13.9. The lowest BCUT2D eigenvalue weighted by atomic mass is 9.88. The molecule has 7 nitrogen and oxygen atoms in total. The summed E-state index contributed by atoms with van der Waals surface area (Å²) in [6, 6.07) is 16.0. The maximum atomic E-state index is 12.8. The number of nitrogens with zero attached hydrogens (tertiary/aromatic N) is 3. The van der Waals surface area contributed by atoms with Crippen molar-refractivity contribution in [1.29, 1.82) is 0 Å². The minimum absolute atomic E-state index is 0.0115. The number of hydrogen-bond acceptors (Lipinski definition) is 6. The number of amides is 1. The Balaban J connectivity index is 1.25. The van der Waals surface area contributed by atoms with Crippen molar-refractivity contribution in [1.82, 2.24) is 20.1 Å². The number of rotatable bonds is 7. The number of ether oxygens (including phenoxy) is 2. The molecule has 33 heavy (non-hydrogen) atoms. The summed E-state index contributed by atoms with van der Waals surface area (Å²) in [6.07, 6.45) is 4.52. The summed E-state index contributed by atoms with van der Waals surface area (Å²) in [5.74, 6) is 2.32. The molecule has 0 radical (unpaired) electrons. The second-order valence-corrected chi connectivity index (χ2v) is 9.05. The molecule has 0 saturated carbocycles. The van der Waals surface area contributed by atoms with Crippen molar-refractivity contribution in [3.63, 3.8) is 0 Å². The van der Waals surface area contributed by atoms with Crippen LogP contribution in [0.25, 0.3) is 0 Å². The first kappa shape index (κ1) is 21.6. The van der Waals surface area contributed by atoms with Gasteiger partial charge in [-0.25, -0.2) is 0 Å². The van der Waals surface area contributed by atoms with Crippen LogP contribution in [0.1, 0.15) is 41.9 Å². The van der Waals surface area contributed by atoms with Gasteiger partial charge in [0.25, 0.3) is 0 Å². The molecule has 8 heteroatoms. The van der Waals surface area contributed by atoms with Gasteiger partial charge in [-0.2, -0.15) is 0 Å². The molecule has 1 aliphatic carbocycles. The standard InChI is InChI=1S/C25H26N4O3S/c1-2-14-29-24(22-15-31-20-12-5-6-13-21(20)32-22)27-28-25(29)33-16-23(30)26-19-11-7-9-17-8-3-4-10-18(17)19/h2-6,8,10,12-13,19,22H,1,7,9,11,14-16H2,(H,26,30). The molecule has 3 aromatic rings. The van der Waals surface area contributed by atoms with Crippen LogP contribution in [0.5, 0.6) is 11.5 Å². The van der Waals surface area contributed by atoms with Gasteiger partial charge in [-0.3, -0.25) is 9.36 Å². The van der Waals surface area contributed by atoms with Gasteiger partial charge in [0.2, 0.25) is 5.91 Å². The minimum Gasteiger partial charge on any atom is -0.485 e. The number of aromatic nitrogens is 3. The van der Waals surface area contributed by atoms with Gasteiger partial charge in [0, 0.05) is 6.54 Å². The Kier molecular flexibility index (Phi) is 6.35. The molecule has 1 aromatic heterocycles. The predicted molar refractivity (Wildman–Crippen MR) is 127 cm³/mol. The van der Waals surface area contributed by atoms with E-state index >= 15 is 0 Å².